The van der Waals surface area contributed by atoms with Gasteiger partial charge in [-0.2, -0.15) is 0 Å². The topological polar surface area (TPSA) is 6.48 Å². The molecule has 15 rings (SSSR count). The smallest absolute Gasteiger partial charge is 0.0468 e. The zero-order valence-corrected chi connectivity index (χ0v) is 45.3. The molecule has 2 nitrogen and oxygen atoms in total. The van der Waals surface area contributed by atoms with Crippen LogP contribution >= 0.6 is 0 Å². The summed E-state index contributed by atoms with van der Waals surface area (Å²) >= 11 is 0. The Labute approximate surface area is 463 Å². The highest BCUT2D eigenvalue weighted by atomic mass is 15.2. The van der Waals surface area contributed by atoms with Gasteiger partial charge in [-0.1, -0.05) is 201 Å². The Morgan fingerprint density at radius 1 is 0.405 bits per heavy atom. The summed E-state index contributed by atoms with van der Waals surface area (Å²) in [4.78, 5) is 4.99. The molecule has 12 aromatic rings. The third-order valence-corrected chi connectivity index (χ3v) is 17.6. The first kappa shape index (κ1) is 47.0. The van der Waals surface area contributed by atoms with Crippen molar-refractivity contribution < 1.29 is 0 Å². The molecule has 2 heteroatoms. The van der Waals surface area contributed by atoms with E-state index in [-0.39, 0.29) is 5.41 Å². The van der Waals surface area contributed by atoms with E-state index in [1.54, 1.807) is 0 Å². The van der Waals surface area contributed by atoms with E-state index in [2.05, 4.69) is 286 Å². The fourth-order valence-corrected chi connectivity index (χ4v) is 13.8. The quantitative estimate of drug-likeness (QED) is 0.140. The number of rotatable bonds is 8. The van der Waals surface area contributed by atoms with Crippen LogP contribution in [0.25, 0.3) is 87.2 Å². The minimum absolute atomic E-state index is 0.176. The molecule has 1 unspecified atom stereocenters. The number of allylic oxidation sites excluding steroid dienone is 5. The summed E-state index contributed by atoms with van der Waals surface area (Å²) in [5.41, 5.74) is 20.9. The van der Waals surface area contributed by atoms with Gasteiger partial charge in [-0.05, 0) is 216 Å². The van der Waals surface area contributed by atoms with Gasteiger partial charge in [-0.3, -0.25) is 0 Å². The summed E-state index contributed by atoms with van der Waals surface area (Å²) in [5, 5.41) is 12.2. The van der Waals surface area contributed by atoms with Gasteiger partial charge in [0, 0.05) is 39.5 Å². The molecule has 0 spiro atoms. The molecular formula is C77H60N2. The fourth-order valence-electron chi connectivity index (χ4n) is 13.8. The van der Waals surface area contributed by atoms with Crippen LogP contribution in [0.1, 0.15) is 55.4 Å². The molecule has 0 fully saturated rings. The molecule has 0 saturated carbocycles. The average Bonchev–Trinajstić information content (AvgIpc) is 4.01. The summed E-state index contributed by atoms with van der Waals surface area (Å²) in [5.74, 6) is 0.556. The number of benzene rings is 12. The summed E-state index contributed by atoms with van der Waals surface area (Å²) in [6.45, 7) is 9.28. The van der Waals surface area contributed by atoms with Crippen molar-refractivity contribution >= 4 is 82.3 Å². The second-order valence-corrected chi connectivity index (χ2v) is 23.0. The molecule has 3 aliphatic rings. The highest BCUT2D eigenvalue weighted by Crippen LogP contribution is 2.53. The minimum Gasteiger partial charge on any atom is -0.311 e. The van der Waals surface area contributed by atoms with E-state index in [1.807, 2.05) is 0 Å². The number of anilines is 5. The van der Waals surface area contributed by atoms with Crippen LogP contribution in [0, 0.1) is 19.8 Å². The predicted molar refractivity (Wildman–Crippen MR) is 338 cm³/mol. The Balaban J connectivity index is 1.04. The largest absolute Gasteiger partial charge is 0.311 e. The normalized spacial score (nSPS) is 15.3. The van der Waals surface area contributed by atoms with E-state index in [0.29, 0.717) is 5.92 Å². The van der Waals surface area contributed by atoms with Crippen molar-refractivity contribution in [2.45, 2.75) is 52.4 Å². The number of fused-ring (bicyclic) bond motifs is 9. The first-order chi connectivity index (χ1) is 38.7. The molecule has 0 bridgehead atoms. The highest BCUT2D eigenvalue weighted by molar-refractivity contribution is 6.23. The van der Waals surface area contributed by atoms with E-state index < -0.39 is 0 Å². The van der Waals surface area contributed by atoms with Crippen LogP contribution < -0.4 is 9.80 Å². The first-order valence-electron chi connectivity index (χ1n) is 28.2. The number of hydrogen-bond donors (Lipinski definition) is 0. The Bertz CT molecular complexity index is 4500. The summed E-state index contributed by atoms with van der Waals surface area (Å²) < 4.78 is 0. The van der Waals surface area contributed by atoms with Crippen molar-refractivity contribution in [1.82, 2.24) is 0 Å². The molecule has 0 aliphatic heterocycles. The average molecular weight is 1010 g/mol. The summed E-state index contributed by atoms with van der Waals surface area (Å²) in [6, 6.07) is 85.0. The Kier molecular flexibility index (Phi) is 11.0. The van der Waals surface area contributed by atoms with Gasteiger partial charge < -0.3 is 9.80 Å². The molecular weight excluding hydrogens is 953 g/mol. The molecule has 0 radical (unpaired) electrons. The van der Waals surface area contributed by atoms with Crippen molar-refractivity contribution in [2.24, 2.45) is 5.92 Å². The number of hydrogen-bond acceptors (Lipinski definition) is 2. The van der Waals surface area contributed by atoms with Crippen molar-refractivity contribution in [2.75, 3.05) is 9.80 Å². The van der Waals surface area contributed by atoms with Gasteiger partial charge in [0.1, 0.15) is 0 Å². The van der Waals surface area contributed by atoms with Gasteiger partial charge >= 0.3 is 0 Å². The molecule has 1 atom stereocenters. The van der Waals surface area contributed by atoms with Crippen LogP contribution in [0.3, 0.4) is 0 Å². The van der Waals surface area contributed by atoms with Gasteiger partial charge in [0.25, 0.3) is 0 Å². The van der Waals surface area contributed by atoms with Crippen LogP contribution in [-0.2, 0) is 5.41 Å². The van der Waals surface area contributed by atoms with Gasteiger partial charge in [0.15, 0.2) is 0 Å². The van der Waals surface area contributed by atoms with Gasteiger partial charge in [-0.15, -0.1) is 0 Å². The van der Waals surface area contributed by atoms with Crippen molar-refractivity contribution in [3.05, 3.63) is 282 Å². The summed E-state index contributed by atoms with van der Waals surface area (Å²) in [7, 11) is 0. The lowest BCUT2D eigenvalue weighted by Gasteiger charge is -2.32. The Hall–Kier alpha value is -9.24. The van der Waals surface area contributed by atoms with Crippen molar-refractivity contribution in [3.8, 4) is 33.4 Å². The third kappa shape index (κ3) is 7.92. The molecule has 3 aliphatic carbocycles. The fraction of sp³-hybridized carbons (Fsp3) is 0.117. The van der Waals surface area contributed by atoms with Crippen LogP contribution in [0.2, 0.25) is 0 Å². The van der Waals surface area contributed by atoms with Crippen molar-refractivity contribution in [3.63, 3.8) is 0 Å². The lowest BCUT2D eigenvalue weighted by atomic mass is 9.80. The lowest BCUT2D eigenvalue weighted by Crippen LogP contribution is -2.20. The predicted octanol–water partition coefficient (Wildman–Crippen LogP) is 21.5. The third-order valence-electron chi connectivity index (χ3n) is 17.6. The van der Waals surface area contributed by atoms with Crippen molar-refractivity contribution in [1.29, 1.82) is 0 Å². The maximum Gasteiger partial charge on any atom is 0.0468 e. The second-order valence-electron chi connectivity index (χ2n) is 23.0. The van der Waals surface area contributed by atoms with E-state index >= 15 is 0 Å². The van der Waals surface area contributed by atoms with E-state index in [4.69, 9.17) is 0 Å². The van der Waals surface area contributed by atoms with E-state index in [1.165, 1.54) is 127 Å². The molecule has 12 aromatic carbocycles. The Morgan fingerprint density at radius 3 is 1.51 bits per heavy atom. The number of aryl methyl sites for hydroxylation is 2. The zero-order chi connectivity index (χ0) is 52.9. The standard InChI is InChI=1S/C77H60N2/c1-49-39-50(2)41-60(40-49)76-70-38-35-65(78(61-30-25-51-15-5-9-19-55(51)42-61)62-31-26-52-16-6-10-20-56(52)43-62)47-71(70)75(59-29-36-68-67-23-13-14-24-73(67)77(3,4)74(68)46-59)69-37-34-66(48-72(69)76)79(63-32-27-53-17-7-11-21-57(53)44-63)64-33-28-54-18-8-12-22-58(54)45-64/h5,7-15,17-25,27-48,52H,6,16,26H2,1-4H3. The zero-order valence-electron chi connectivity index (χ0n) is 45.3. The van der Waals surface area contributed by atoms with E-state index in [9.17, 15) is 0 Å². The molecule has 0 N–H and O–H groups in total. The van der Waals surface area contributed by atoms with Crippen LogP contribution in [0.15, 0.2) is 260 Å². The maximum atomic E-state index is 2.53. The first-order valence-corrected chi connectivity index (χ1v) is 28.2. The summed E-state index contributed by atoms with van der Waals surface area (Å²) in [6.07, 6.45) is 13.1. The molecule has 0 saturated heterocycles. The monoisotopic (exact) mass is 1010 g/mol. The van der Waals surface area contributed by atoms with Crippen LogP contribution in [0.5, 0.6) is 0 Å². The lowest BCUT2D eigenvalue weighted by molar-refractivity contribution is 0.562. The second kappa shape index (κ2) is 18.5. The molecule has 0 aromatic heterocycles. The molecule has 0 amide bonds. The SMILES string of the molecule is Cc1cc(C)cc(-c2c3ccc(N(C4=CCC5CCC=CC5=C4)c4ccc5ccccc5c4)cc3c(-c3ccc4c(c3)C(C)(C)c3ccccc3-4)c3ccc(N(c4ccc5ccccc5c4)c4ccc5ccccc5c4)cc23)c1. The maximum absolute atomic E-state index is 2.53. The van der Waals surface area contributed by atoms with Gasteiger partial charge in [-0.25, -0.2) is 0 Å². The highest BCUT2D eigenvalue weighted by Gasteiger charge is 2.36. The van der Waals surface area contributed by atoms with Gasteiger partial charge in [0.2, 0.25) is 0 Å². The van der Waals surface area contributed by atoms with Crippen LogP contribution in [-0.4, -0.2) is 0 Å². The number of nitrogens with zero attached hydrogens (tertiary/aromatic N) is 2. The van der Waals surface area contributed by atoms with Crippen LogP contribution in [0.4, 0.5) is 28.4 Å². The molecule has 378 valence electrons. The van der Waals surface area contributed by atoms with Gasteiger partial charge in [0.05, 0.1) is 0 Å². The van der Waals surface area contributed by atoms with E-state index in [0.717, 1.165) is 41.3 Å². The minimum atomic E-state index is -0.176. The molecule has 0 heterocycles. The molecule has 79 heavy (non-hydrogen) atoms. The Morgan fingerprint density at radius 2 is 0.899 bits per heavy atom.